The van der Waals surface area contributed by atoms with E-state index in [9.17, 15) is 4.79 Å². The molecule has 8 nitrogen and oxygen atoms in total. The highest BCUT2D eigenvalue weighted by Crippen LogP contribution is 2.35. The van der Waals surface area contributed by atoms with Crippen molar-refractivity contribution < 1.29 is 9.21 Å². The Kier molecular flexibility index (Phi) is 8.40. The van der Waals surface area contributed by atoms with Crippen molar-refractivity contribution in [2.24, 2.45) is 5.73 Å². The molecule has 4 rings (SSSR count). The quantitative estimate of drug-likeness (QED) is 0.375. The Labute approximate surface area is 178 Å². The standard InChI is InChI=1S/C16H10N4O2S.C2H7NS.CH5N/c1-9-15(23-16(19-9)10-5-17-8-18-6-10)12-4-14-11(2-3-22-14)13(7-21)20-12;1-3(2)4;1-2/h2-8H,1H3;4H,1-2H3;2H2,1H3. The zero-order valence-corrected chi connectivity index (χ0v) is 18.2. The number of thiol groups is 1. The van der Waals surface area contributed by atoms with E-state index in [2.05, 4.69) is 38.5 Å². The molecule has 0 amide bonds. The monoisotopic (exact) mass is 430 g/mol. The minimum atomic E-state index is 0.364. The number of aryl methyl sites for hydroxylation is 1. The van der Waals surface area contributed by atoms with Gasteiger partial charge in [0.15, 0.2) is 6.29 Å². The van der Waals surface area contributed by atoms with Crippen LogP contribution in [0.15, 0.2) is 41.5 Å². The minimum Gasteiger partial charge on any atom is -0.464 e. The number of fused-ring (bicyclic) bond motifs is 1. The minimum absolute atomic E-state index is 0.364. The first-order valence-electron chi connectivity index (χ1n) is 8.50. The predicted octanol–water partition coefficient (Wildman–Crippen LogP) is 3.50. The van der Waals surface area contributed by atoms with E-state index in [1.165, 1.54) is 24.7 Å². The molecule has 29 heavy (non-hydrogen) atoms. The fraction of sp³-hybridized carbons (Fsp3) is 0.211. The van der Waals surface area contributed by atoms with E-state index in [4.69, 9.17) is 4.42 Å². The molecule has 0 spiro atoms. The third-order valence-electron chi connectivity index (χ3n) is 3.43. The van der Waals surface area contributed by atoms with E-state index < -0.39 is 0 Å². The summed E-state index contributed by atoms with van der Waals surface area (Å²) in [6, 6.07) is 3.57. The van der Waals surface area contributed by atoms with Gasteiger partial charge in [-0.2, -0.15) is 0 Å². The van der Waals surface area contributed by atoms with E-state index in [-0.39, 0.29) is 0 Å². The molecule has 0 unspecified atom stereocenters. The third kappa shape index (κ3) is 5.67. The van der Waals surface area contributed by atoms with Gasteiger partial charge in [0.1, 0.15) is 22.6 Å². The number of pyridine rings is 1. The smallest absolute Gasteiger partial charge is 0.169 e. The number of carbonyl (C=O) groups is 1. The molecule has 152 valence electrons. The Morgan fingerprint density at radius 2 is 1.86 bits per heavy atom. The molecule has 0 bridgehead atoms. The van der Waals surface area contributed by atoms with Crippen LogP contribution in [0.1, 0.15) is 16.2 Å². The van der Waals surface area contributed by atoms with Crippen LogP contribution in [-0.2, 0) is 0 Å². The molecule has 4 heterocycles. The molecule has 4 aromatic heterocycles. The molecule has 2 N–H and O–H groups in total. The Balaban J connectivity index is 0.000000449. The molecule has 0 aliphatic heterocycles. The summed E-state index contributed by atoms with van der Waals surface area (Å²) in [4.78, 5) is 29.2. The summed E-state index contributed by atoms with van der Waals surface area (Å²) >= 11 is 5.28. The summed E-state index contributed by atoms with van der Waals surface area (Å²) in [5.41, 5.74) is 7.86. The van der Waals surface area contributed by atoms with Crippen molar-refractivity contribution in [3.63, 3.8) is 0 Å². The van der Waals surface area contributed by atoms with Gasteiger partial charge in [-0.15, -0.1) is 11.3 Å². The second-order valence-electron chi connectivity index (χ2n) is 5.75. The van der Waals surface area contributed by atoms with Crippen molar-refractivity contribution >= 4 is 41.4 Å². The highest BCUT2D eigenvalue weighted by Gasteiger charge is 2.16. The number of nitrogens with zero attached hydrogens (tertiary/aromatic N) is 5. The van der Waals surface area contributed by atoms with Crippen molar-refractivity contribution in [3.05, 3.63) is 48.5 Å². The number of nitrogens with two attached hydrogens (primary N) is 1. The van der Waals surface area contributed by atoms with Crippen LogP contribution in [0.4, 0.5) is 0 Å². The lowest BCUT2D eigenvalue weighted by Gasteiger charge is -2.00. The topological polar surface area (TPSA) is 111 Å². The van der Waals surface area contributed by atoms with Crippen molar-refractivity contribution in [3.8, 4) is 21.1 Å². The largest absolute Gasteiger partial charge is 0.464 e. The van der Waals surface area contributed by atoms with Gasteiger partial charge in [-0.3, -0.25) is 9.10 Å². The average molecular weight is 431 g/mol. The second kappa shape index (κ2) is 10.8. The van der Waals surface area contributed by atoms with Gasteiger partial charge in [-0.1, -0.05) is 12.8 Å². The van der Waals surface area contributed by atoms with Gasteiger partial charge in [0.2, 0.25) is 0 Å². The Morgan fingerprint density at radius 3 is 2.48 bits per heavy atom. The van der Waals surface area contributed by atoms with Gasteiger partial charge in [-0.25, -0.2) is 19.9 Å². The molecule has 0 atom stereocenters. The molecule has 0 aromatic carbocycles. The van der Waals surface area contributed by atoms with E-state index in [0.717, 1.165) is 27.4 Å². The number of aromatic nitrogens is 4. The first kappa shape index (κ1) is 22.6. The van der Waals surface area contributed by atoms with E-state index >= 15 is 0 Å². The maximum Gasteiger partial charge on any atom is 0.169 e. The van der Waals surface area contributed by atoms with Gasteiger partial charge < -0.3 is 10.2 Å². The number of hydrogen-bond acceptors (Lipinski definition) is 10. The summed E-state index contributed by atoms with van der Waals surface area (Å²) in [6.07, 6.45) is 7.21. The van der Waals surface area contributed by atoms with Crippen LogP contribution in [0.25, 0.3) is 32.1 Å². The summed E-state index contributed by atoms with van der Waals surface area (Å²) in [7, 11) is 5.23. The SMILES string of the molecule is CN.CN(C)S.Cc1nc(-c2cncnc2)sc1-c1cc2occc2c(C=O)n1. The van der Waals surface area contributed by atoms with Gasteiger partial charge >= 0.3 is 0 Å². The Bertz CT molecular complexity index is 1060. The van der Waals surface area contributed by atoms with E-state index in [0.29, 0.717) is 22.4 Å². The van der Waals surface area contributed by atoms with Crippen LogP contribution in [-0.4, -0.2) is 51.7 Å². The summed E-state index contributed by atoms with van der Waals surface area (Å²) in [5, 5.41) is 1.52. The highest BCUT2D eigenvalue weighted by molar-refractivity contribution is 7.77. The first-order chi connectivity index (χ1) is 14.0. The van der Waals surface area contributed by atoms with Crippen LogP contribution in [0, 0.1) is 6.92 Å². The molecular formula is C19H22N6O2S2. The van der Waals surface area contributed by atoms with Crippen molar-refractivity contribution in [2.75, 3.05) is 21.1 Å². The maximum absolute atomic E-state index is 11.3. The van der Waals surface area contributed by atoms with E-state index in [1.54, 1.807) is 29.0 Å². The Hall–Kier alpha value is -2.66. The maximum atomic E-state index is 11.3. The lowest BCUT2D eigenvalue weighted by Crippen LogP contribution is -1.91. The molecule has 0 saturated heterocycles. The predicted molar refractivity (Wildman–Crippen MR) is 119 cm³/mol. The lowest BCUT2D eigenvalue weighted by molar-refractivity contribution is 0.112. The van der Waals surface area contributed by atoms with Crippen molar-refractivity contribution in [1.29, 1.82) is 0 Å². The first-order valence-corrected chi connectivity index (χ1v) is 9.71. The number of rotatable bonds is 3. The average Bonchev–Trinajstić information content (AvgIpc) is 3.35. The van der Waals surface area contributed by atoms with Crippen molar-refractivity contribution in [2.45, 2.75) is 6.92 Å². The highest BCUT2D eigenvalue weighted by atomic mass is 32.1. The number of furan rings is 1. The molecule has 0 aliphatic rings. The summed E-state index contributed by atoms with van der Waals surface area (Å²) in [5.74, 6) is 0. The number of thiazole rings is 1. The summed E-state index contributed by atoms with van der Waals surface area (Å²) < 4.78 is 7.11. The molecule has 0 saturated carbocycles. The van der Waals surface area contributed by atoms with Crippen LogP contribution in [0.3, 0.4) is 0 Å². The number of aldehydes is 1. The fourth-order valence-electron chi connectivity index (χ4n) is 2.36. The fourth-order valence-corrected chi connectivity index (χ4v) is 3.37. The molecule has 0 aliphatic carbocycles. The molecular weight excluding hydrogens is 408 g/mol. The van der Waals surface area contributed by atoms with Crippen LogP contribution in [0.2, 0.25) is 0 Å². The molecule has 4 aromatic rings. The van der Waals surface area contributed by atoms with Gasteiger partial charge in [0, 0.05) is 29.4 Å². The third-order valence-corrected chi connectivity index (χ3v) is 4.66. The zero-order chi connectivity index (χ0) is 21.4. The van der Waals surface area contributed by atoms with E-state index in [1.807, 2.05) is 27.1 Å². The van der Waals surface area contributed by atoms with Gasteiger partial charge in [0.05, 0.1) is 22.5 Å². The van der Waals surface area contributed by atoms with Gasteiger partial charge in [0.25, 0.3) is 0 Å². The van der Waals surface area contributed by atoms with Crippen LogP contribution >= 0.6 is 24.2 Å². The molecule has 10 heteroatoms. The normalized spacial score (nSPS) is 10.2. The molecule has 0 fully saturated rings. The van der Waals surface area contributed by atoms with Crippen LogP contribution in [0.5, 0.6) is 0 Å². The number of carbonyl (C=O) groups excluding carboxylic acids is 1. The zero-order valence-electron chi connectivity index (χ0n) is 16.5. The second-order valence-corrected chi connectivity index (χ2v) is 7.55. The molecule has 0 radical (unpaired) electrons. The lowest BCUT2D eigenvalue weighted by atomic mass is 10.2. The van der Waals surface area contributed by atoms with Crippen molar-refractivity contribution in [1.82, 2.24) is 24.2 Å². The summed E-state index contributed by atoms with van der Waals surface area (Å²) in [6.45, 7) is 1.91. The van der Waals surface area contributed by atoms with Gasteiger partial charge in [-0.05, 0) is 34.1 Å². The Morgan fingerprint density at radius 1 is 1.21 bits per heavy atom. The number of hydrogen-bond donors (Lipinski definition) is 2. The van der Waals surface area contributed by atoms with Crippen LogP contribution < -0.4 is 5.73 Å².